The fraction of sp³-hybridized carbons (Fsp3) is 0.556. The van der Waals surface area contributed by atoms with Crippen molar-refractivity contribution in [1.29, 1.82) is 0 Å². The number of carbonyl (C=O) groups excluding carboxylic acids is 2. The number of benzene rings is 2. The maximum absolute atomic E-state index is 14.6. The molecule has 0 unspecified atom stereocenters. The van der Waals surface area contributed by atoms with Gasteiger partial charge in [0.25, 0.3) is 5.91 Å². The molecule has 1 aliphatic heterocycles. The number of aromatic nitrogens is 3. The van der Waals surface area contributed by atoms with E-state index < -0.39 is 40.3 Å². The van der Waals surface area contributed by atoms with Crippen molar-refractivity contribution in [3.63, 3.8) is 0 Å². The molecule has 1 N–H and O–H groups in total. The third kappa shape index (κ3) is 5.36. The predicted octanol–water partition coefficient (Wildman–Crippen LogP) is 6.90. The summed E-state index contributed by atoms with van der Waals surface area (Å²) < 4.78 is 51.5. The number of aryl methyl sites for hydroxylation is 1. The molecule has 3 fully saturated rings. The van der Waals surface area contributed by atoms with Crippen molar-refractivity contribution in [2.24, 2.45) is 12.5 Å². The van der Waals surface area contributed by atoms with Crippen LogP contribution in [0.25, 0.3) is 0 Å². The number of alkyl halides is 3. The first-order valence-corrected chi connectivity index (χ1v) is 16.6. The van der Waals surface area contributed by atoms with Gasteiger partial charge in [-0.1, -0.05) is 12.1 Å². The number of halogens is 3. The molecular weight excluding hydrogens is 623 g/mol. The largest absolute Gasteiger partial charge is 0.444 e. The van der Waals surface area contributed by atoms with Gasteiger partial charge in [-0.2, -0.15) is 13.2 Å². The molecule has 3 aromatic rings. The Bertz CT molecular complexity index is 1780. The average Bonchev–Trinajstić information content (AvgIpc) is 3.52. The fourth-order valence-electron chi connectivity index (χ4n) is 8.59. The lowest BCUT2D eigenvalue weighted by molar-refractivity contribution is -0.138. The summed E-state index contributed by atoms with van der Waals surface area (Å²) in [4.78, 5) is 30.3. The van der Waals surface area contributed by atoms with E-state index in [1.807, 2.05) is 36.7 Å². The summed E-state index contributed by atoms with van der Waals surface area (Å²) in [7, 11) is 1.88. The van der Waals surface area contributed by atoms with E-state index >= 15 is 0 Å². The van der Waals surface area contributed by atoms with Crippen molar-refractivity contribution in [3.8, 4) is 0 Å². The van der Waals surface area contributed by atoms with Gasteiger partial charge in [-0.3, -0.25) is 9.69 Å². The molecule has 0 radical (unpaired) electrons. The van der Waals surface area contributed by atoms with Crippen molar-refractivity contribution in [3.05, 3.63) is 76.4 Å². The molecule has 9 nitrogen and oxygen atoms in total. The first kappa shape index (κ1) is 32.6. The van der Waals surface area contributed by atoms with E-state index in [1.165, 1.54) is 15.9 Å². The zero-order valence-electron chi connectivity index (χ0n) is 28.0. The van der Waals surface area contributed by atoms with Gasteiger partial charge < -0.3 is 19.3 Å². The van der Waals surface area contributed by atoms with Crippen LogP contribution in [0.1, 0.15) is 111 Å². The first-order valence-electron chi connectivity index (χ1n) is 16.6. The molecule has 0 saturated heterocycles. The summed E-state index contributed by atoms with van der Waals surface area (Å²) in [6.07, 6.45) is 1.33. The Balaban J connectivity index is 1.22. The Labute approximate surface area is 278 Å². The number of anilines is 1. The highest BCUT2D eigenvalue weighted by Gasteiger charge is 2.62. The number of aliphatic hydroxyl groups is 1. The lowest BCUT2D eigenvalue weighted by atomic mass is 9.42. The SMILES string of the molecule is Cn1cnnc1C1(c2cccc(N3Cc4c(cc(CN(C(=O)OC(C)(C)C)C5(C)CCC5)cc4C(F)(F)F)C3=O)c2)CC2(CC(O)C2)C1. The van der Waals surface area contributed by atoms with Gasteiger partial charge >= 0.3 is 12.3 Å². The molecule has 1 aromatic heterocycles. The number of nitrogens with zero attached hydrogens (tertiary/aromatic N) is 5. The van der Waals surface area contributed by atoms with E-state index in [0.717, 1.165) is 49.6 Å². The smallest absolute Gasteiger partial charge is 0.416 e. The van der Waals surface area contributed by atoms with Crippen molar-refractivity contribution in [2.75, 3.05) is 4.90 Å². The number of aliphatic hydroxyl groups excluding tert-OH is 1. The molecular formula is C36H42F3N5O4. The first-order chi connectivity index (χ1) is 22.4. The molecule has 0 atom stereocenters. The topological polar surface area (TPSA) is 101 Å². The van der Waals surface area contributed by atoms with E-state index in [4.69, 9.17) is 4.74 Å². The normalized spacial score (nSPS) is 26.1. The van der Waals surface area contributed by atoms with E-state index in [-0.39, 0.29) is 41.3 Å². The van der Waals surface area contributed by atoms with Gasteiger partial charge in [0.2, 0.25) is 0 Å². The van der Waals surface area contributed by atoms with Crippen LogP contribution < -0.4 is 4.90 Å². The van der Waals surface area contributed by atoms with Crippen LogP contribution in [0.15, 0.2) is 42.7 Å². The van der Waals surface area contributed by atoms with E-state index in [9.17, 15) is 27.9 Å². The van der Waals surface area contributed by atoms with E-state index in [0.29, 0.717) is 18.5 Å². The highest BCUT2D eigenvalue weighted by atomic mass is 19.4. The van der Waals surface area contributed by atoms with Gasteiger partial charge in [0.05, 0.1) is 23.6 Å². The molecule has 1 spiro atoms. The zero-order chi connectivity index (χ0) is 34.4. The molecule has 3 aliphatic carbocycles. The second kappa shape index (κ2) is 10.8. The minimum atomic E-state index is -4.71. The molecule has 7 rings (SSSR count). The number of amides is 2. The predicted molar refractivity (Wildman–Crippen MR) is 171 cm³/mol. The van der Waals surface area contributed by atoms with Crippen LogP contribution in [0.3, 0.4) is 0 Å². The van der Waals surface area contributed by atoms with Gasteiger partial charge in [-0.05, 0) is 119 Å². The Kier molecular flexibility index (Phi) is 7.33. The number of fused-ring (bicyclic) bond motifs is 1. The maximum Gasteiger partial charge on any atom is 0.416 e. The Morgan fingerprint density at radius 1 is 1.12 bits per heavy atom. The fourth-order valence-corrected chi connectivity index (χ4v) is 8.59. The number of carbonyl (C=O) groups is 2. The molecule has 4 aliphatic rings. The summed E-state index contributed by atoms with van der Waals surface area (Å²) >= 11 is 0. The highest BCUT2D eigenvalue weighted by Crippen LogP contribution is 2.67. The van der Waals surface area contributed by atoms with Crippen LogP contribution in [0.2, 0.25) is 0 Å². The van der Waals surface area contributed by atoms with Gasteiger partial charge in [0, 0.05) is 30.4 Å². The molecule has 2 heterocycles. The Hall–Kier alpha value is -3.93. The molecule has 0 bridgehead atoms. The molecule has 48 heavy (non-hydrogen) atoms. The summed E-state index contributed by atoms with van der Waals surface area (Å²) in [5, 5.41) is 18.6. The second-order valence-electron chi connectivity index (χ2n) is 15.8. The lowest BCUT2D eigenvalue weighted by Crippen LogP contribution is -2.58. The number of hydrogen-bond donors (Lipinski definition) is 1. The summed E-state index contributed by atoms with van der Waals surface area (Å²) in [6, 6.07) is 10.0. The lowest BCUT2D eigenvalue weighted by Gasteiger charge is -2.62. The highest BCUT2D eigenvalue weighted by molar-refractivity contribution is 6.10. The zero-order valence-corrected chi connectivity index (χ0v) is 28.0. The van der Waals surface area contributed by atoms with Crippen LogP contribution in [0.5, 0.6) is 0 Å². The Morgan fingerprint density at radius 2 is 1.83 bits per heavy atom. The summed E-state index contributed by atoms with van der Waals surface area (Å²) in [6.45, 7) is 6.84. The van der Waals surface area contributed by atoms with Crippen molar-refractivity contribution in [1.82, 2.24) is 19.7 Å². The van der Waals surface area contributed by atoms with Crippen LogP contribution in [-0.2, 0) is 36.5 Å². The number of hydrogen-bond acceptors (Lipinski definition) is 6. The van der Waals surface area contributed by atoms with Crippen LogP contribution in [0, 0.1) is 5.41 Å². The molecule has 2 aromatic carbocycles. The third-order valence-corrected chi connectivity index (χ3v) is 11.0. The van der Waals surface area contributed by atoms with Crippen LogP contribution in [-0.4, -0.2) is 54.0 Å². The average molecular weight is 666 g/mol. The molecule has 12 heteroatoms. The minimum absolute atomic E-state index is 0.0119. The summed E-state index contributed by atoms with van der Waals surface area (Å²) in [5.74, 6) is 0.259. The third-order valence-electron chi connectivity index (χ3n) is 11.0. The number of rotatable bonds is 6. The second-order valence-corrected chi connectivity index (χ2v) is 15.8. The van der Waals surface area contributed by atoms with Crippen LogP contribution >= 0.6 is 0 Å². The maximum atomic E-state index is 14.6. The van der Waals surface area contributed by atoms with E-state index in [1.54, 1.807) is 33.2 Å². The van der Waals surface area contributed by atoms with Crippen molar-refractivity contribution in [2.45, 2.75) is 115 Å². The van der Waals surface area contributed by atoms with Gasteiger partial charge in [0.15, 0.2) is 0 Å². The van der Waals surface area contributed by atoms with Gasteiger partial charge in [0.1, 0.15) is 17.8 Å². The van der Waals surface area contributed by atoms with Crippen molar-refractivity contribution < 1.29 is 32.6 Å². The minimum Gasteiger partial charge on any atom is -0.444 e. The van der Waals surface area contributed by atoms with Gasteiger partial charge in [-0.15, -0.1) is 10.2 Å². The van der Waals surface area contributed by atoms with Crippen molar-refractivity contribution >= 4 is 17.7 Å². The number of ether oxygens (including phenoxy) is 1. The van der Waals surface area contributed by atoms with E-state index in [2.05, 4.69) is 10.2 Å². The molecule has 3 saturated carbocycles. The Morgan fingerprint density at radius 3 is 2.40 bits per heavy atom. The molecule has 256 valence electrons. The van der Waals surface area contributed by atoms with Gasteiger partial charge in [-0.25, -0.2) is 4.79 Å². The standard InChI is InChI=1S/C36H42F3N5O4/c1-32(2,3)48-31(47)44(33(4)10-7-11-33)17-22-12-26-27(28(13-22)36(37,38)39)18-43(29(26)46)24-9-6-8-23(14-24)35(30-41-40-21-42(30)5)19-34(20-35)15-25(45)16-34/h6,8-9,12-14,21,25,45H,7,10-11,15-20H2,1-5H3. The summed E-state index contributed by atoms with van der Waals surface area (Å²) in [5.41, 5.74) is -1.13. The monoisotopic (exact) mass is 665 g/mol. The molecule has 2 amide bonds. The van der Waals surface area contributed by atoms with Crippen LogP contribution in [0.4, 0.5) is 23.7 Å². The quantitative estimate of drug-likeness (QED) is 0.308.